The molecule has 0 atom stereocenters. The van der Waals surface area contributed by atoms with E-state index < -0.39 is 0 Å². The van der Waals surface area contributed by atoms with Gasteiger partial charge in [-0.3, -0.25) is 9.69 Å². The van der Waals surface area contributed by atoms with Crippen LogP contribution in [0.25, 0.3) is 0 Å². The van der Waals surface area contributed by atoms with Gasteiger partial charge in [-0.2, -0.15) is 0 Å². The van der Waals surface area contributed by atoms with Gasteiger partial charge in [0.15, 0.2) is 0 Å². The third kappa shape index (κ3) is 6.49. The number of nitrogens with one attached hydrogen (secondary N) is 1. The molecule has 2 fully saturated rings. The number of hydrogen-bond acceptors (Lipinski definition) is 4. The zero-order chi connectivity index (χ0) is 18.1. The fraction of sp³-hybridized carbons (Fsp3) is 0.895. The first kappa shape index (κ1) is 20.0. The molecule has 1 aliphatic heterocycles. The van der Waals surface area contributed by atoms with E-state index in [1.165, 1.54) is 39.2 Å². The van der Waals surface area contributed by atoms with E-state index in [0.717, 1.165) is 38.4 Å². The van der Waals surface area contributed by atoms with Gasteiger partial charge < -0.3 is 15.0 Å². The molecule has 1 aliphatic carbocycles. The second kappa shape index (κ2) is 10.6. The number of hydrogen-bond donors (Lipinski definition) is 1. The summed E-state index contributed by atoms with van der Waals surface area (Å²) in [5.74, 6) is 1.30. The summed E-state index contributed by atoms with van der Waals surface area (Å²) in [5.41, 5.74) is 0. The highest BCUT2D eigenvalue weighted by atomic mass is 16.5. The van der Waals surface area contributed by atoms with Crippen LogP contribution in [-0.4, -0.2) is 68.2 Å². The molecule has 6 nitrogen and oxygen atoms in total. The number of ether oxygens (including phenoxy) is 1. The van der Waals surface area contributed by atoms with Crippen LogP contribution in [0.3, 0.4) is 0 Å². The van der Waals surface area contributed by atoms with Gasteiger partial charge in [-0.25, -0.2) is 4.79 Å². The van der Waals surface area contributed by atoms with Crippen molar-refractivity contribution < 1.29 is 14.3 Å². The minimum atomic E-state index is -0.248. The molecule has 1 saturated heterocycles. The lowest BCUT2D eigenvalue weighted by atomic mass is 9.79. The highest BCUT2D eigenvalue weighted by Gasteiger charge is 2.26. The van der Waals surface area contributed by atoms with Crippen molar-refractivity contribution in [3.05, 3.63) is 0 Å². The minimum absolute atomic E-state index is 0.217. The molecule has 0 aromatic rings. The van der Waals surface area contributed by atoms with Crippen LogP contribution in [0.5, 0.6) is 0 Å². The van der Waals surface area contributed by atoms with Crippen LogP contribution < -0.4 is 5.32 Å². The Labute approximate surface area is 152 Å². The standard InChI is InChI=1S/C19H35N3O3/c1-3-4-5-16-6-8-17(9-7-16)18(23)20-10-11-21-12-14-22(15-13-21)19(24)25-2/h16-17H,3-15H2,1-2H3,(H,20,23). The predicted molar refractivity (Wildman–Crippen MR) is 98.4 cm³/mol. The Kier molecular flexibility index (Phi) is 8.52. The van der Waals surface area contributed by atoms with Crippen molar-refractivity contribution in [3.8, 4) is 0 Å². The second-order valence-corrected chi connectivity index (χ2v) is 7.45. The summed E-state index contributed by atoms with van der Waals surface area (Å²) in [4.78, 5) is 27.8. The summed E-state index contributed by atoms with van der Waals surface area (Å²) >= 11 is 0. The van der Waals surface area contributed by atoms with Gasteiger partial charge >= 0.3 is 6.09 Å². The van der Waals surface area contributed by atoms with Crippen LogP contribution in [0.15, 0.2) is 0 Å². The molecule has 25 heavy (non-hydrogen) atoms. The van der Waals surface area contributed by atoms with Crippen molar-refractivity contribution in [1.29, 1.82) is 0 Å². The molecule has 2 aliphatic rings. The van der Waals surface area contributed by atoms with Crippen molar-refractivity contribution >= 4 is 12.0 Å². The Balaban J connectivity index is 1.57. The summed E-state index contributed by atoms with van der Waals surface area (Å²) < 4.78 is 4.75. The van der Waals surface area contributed by atoms with E-state index in [4.69, 9.17) is 4.74 Å². The van der Waals surface area contributed by atoms with Gasteiger partial charge in [-0.05, 0) is 31.6 Å². The van der Waals surface area contributed by atoms with Crippen molar-refractivity contribution in [2.75, 3.05) is 46.4 Å². The number of methoxy groups -OCH3 is 1. The lowest BCUT2D eigenvalue weighted by molar-refractivity contribution is -0.126. The Morgan fingerprint density at radius 2 is 1.76 bits per heavy atom. The maximum Gasteiger partial charge on any atom is 0.409 e. The van der Waals surface area contributed by atoms with E-state index in [-0.39, 0.29) is 17.9 Å². The van der Waals surface area contributed by atoms with Gasteiger partial charge in [0.25, 0.3) is 0 Å². The average molecular weight is 354 g/mol. The molecule has 0 aromatic heterocycles. The monoisotopic (exact) mass is 353 g/mol. The second-order valence-electron chi connectivity index (χ2n) is 7.45. The predicted octanol–water partition coefficient (Wildman–Crippen LogP) is 2.48. The normalized spacial score (nSPS) is 24.8. The maximum atomic E-state index is 12.3. The molecule has 1 N–H and O–H groups in total. The Morgan fingerprint density at radius 1 is 1.08 bits per heavy atom. The average Bonchev–Trinajstić information content (AvgIpc) is 2.66. The van der Waals surface area contributed by atoms with E-state index in [1.807, 2.05) is 0 Å². The molecule has 1 heterocycles. The smallest absolute Gasteiger partial charge is 0.409 e. The molecule has 6 heteroatoms. The van der Waals surface area contributed by atoms with Gasteiger partial charge in [0.05, 0.1) is 7.11 Å². The first-order valence-electron chi connectivity index (χ1n) is 9.97. The molecule has 0 spiro atoms. The first-order chi connectivity index (χ1) is 12.1. The molecule has 144 valence electrons. The van der Waals surface area contributed by atoms with Gasteiger partial charge in [-0.1, -0.05) is 26.2 Å². The van der Waals surface area contributed by atoms with E-state index in [2.05, 4.69) is 17.1 Å². The van der Waals surface area contributed by atoms with E-state index >= 15 is 0 Å². The molecule has 2 amide bonds. The van der Waals surface area contributed by atoms with Gasteiger partial charge in [0, 0.05) is 45.2 Å². The number of unbranched alkanes of at least 4 members (excludes halogenated alkanes) is 1. The van der Waals surface area contributed by atoms with E-state index in [9.17, 15) is 9.59 Å². The molecule has 1 saturated carbocycles. The fourth-order valence-corrected chi connectivity index (χ4v) is 3.97. The maximum absolute atomic E-state index is 12.3. The number of rotatable bonds is 7. The number of carbonyl (C=O) groups excluding carboxylic acids is 2. The van der Waals surface area contributed by atoms with Gasteiger partial charge in [0.2, 0.25) is 5.91 Å². The molecule has 0 aromatic carbocycles. The van der Waals surface area contributed by atoms with Crippen molar-refractivity contribution in [2.45, 2.75) is 51.9 Å². The Bertz CT molecular complexity index is 414. The first-order valence-corrected chi connectivity index (χ1v) is 9.97. The zero-order valence-corrected chi connectivity index (χ0v) is 16.0. The third-order valence-corrected chi connectivity index (χ3v) is 5.72. The largest absolute Gasteiger partial charge is 0.453 e. The van der Waals surface area contributed by atoms with Crippen molar-refractivity contribution in [1.82, 2.24) is 15.1 Å². The Hall–Kier alpha value is -1.30. The molecule has 2 rings (SSSR count). The van der Waals surface area contributed by atoms with Crippen LogP contribution >= 0.6 is 0 Å². The molecule has 0 bridgehead atoms. The van der Waals surface area contributed by atoms with Gasteiger partial charge in [-0.15, -0.1) is 0 Å². The summed E-state index contributed by atoms with van der Waals surface area (Å²) in [6.45, 7) is 6.87. The zero-order valence-electron chi connectivity index (χ0n) is 16.0. The lowest BCUT2D eigenvalue weighted by Crippen LogP contribution is -2.50. The summed E-state index contributed by atoms with van der Waals surface area (Å²) in [6.07, 6.45) is 8.22. The van der Waals surface area contributed by atoms with Crippen molar-refractivity contribution in [2.24, 2.45) is 11.8 Å². The fourth-order valence-electron chi connectivity index (χ4n) is 3.97. The highest BCUT2D eigenvalue weighted by molar-refractivity contribution is 5.78. The summed E-state index contributed by atoms with van der Waals surface area (Å²) in [7, 11) is 1.42. The minimum Gasteiger partial charge on any atom is -0.453 e. The Morgan fingerprint density at radius 3 is 2.36 bits per heavy atom. The van der Waals surface area contributed by atoms with Crippen LogP contribution in [0.1, 0.15) is 51.9 Å². The van der Waals surface area contributed by atoms with E-state index in [1.54, 1.807) is 4.90 Å². The number of piperazine rings is 1. The van der Waals surface area contributed by atoms with Gasteiger partial charge in [0.1, 0.15) is 0 Å². The van der Waals surface area contributed by atoms with Crippen LogP contribution in [0.4, 0.5) is 4.79 Å². The highest BCUT2D eigenvalue weighted by Crippen LogP contribution is 2.31. The topological polar surface area (TPSA) is 61.9 Å². The third-order valence-electron chi connectivity index (χ3n) is 5.72. The number of amides is 2. The molecular weight excluding hydrogens is 318 g/mol. The van der Waals surface area contributed by atoms with Crippen LogP contribution in [-0.2, 0) is 9.53 Å². The summed E-state index contributed by atoms with van der Waals surface area (Å²) in [6, 6.07) is 0. The summed E-state index contributed by atoms with van der Waals surface area (Å²) in [5, 5.41) is 3.12. The van der Waals surface area contributed by atoms with Crippen molar-refractivity contribution in [3.63, 3.8) is 0 Å². The van der Waals surface area contributed by atoms with E-state index in [0.29, 0.717) is 19.6 Å². The number of carbonyl (C=O) groups is 2. The number of nitrogens with zero attached hydrogens (tertiary/aromatic N) is 2. The van der Waals surface area contributed by atoms with Crippen LogP contribution in [0, 0.1) is 11.8 Å². The quantitative estimate of drug-likeness (QED) is 0.764. The molecule has 0 radical (unpaired) electrons. The molecule has 0 unspecified atom stereocenters. The molecular formula is C19H35N3O3. The van der Waals surface area contributed by atoms with Crippen LogP contribution in [0.2, 0.25) is 0 Å². The lowest BCUT2D eigenvalue weighted by Gasteiger charge is -2.34. The SMILES string of the molecule is CCCCC1CCC(C(=O)NCCN2CCN(C(=O)OC)CC2)CC1.